The highest BCUT2D eigenvalue weighted by Crippen LogP contribution is 2.22. The average molecular weight is 491 g/mol. The molecule has 1 aliphatic rings. The molecular weight excluding hydrogens is 460 g/mol. The molecule has 10 nitrogen and oxygen atoms in total. The van der Waals surface area contributed by atoms with Crippen molar-refractivity contribution in [3.05, 3.63) is 53.2 Å². The lowest BCUT2D eigenvalue weighted by molar-refractivity contribution is 0.0681. The minimum Gasteiger partial charge on any atom is -0.382 e. The zero-order chi connectivity index (χ0) is 25.3. The standard InChI is InChI=1S/C26H30N6O4/c1-35-13-14-36-12-6-11-32-23-22(16-21(18-28-23)25(34)31-9-3-2-4-10-31)29-26(32)30-24(33)20-8-5-7-19(15-20)17-27/h5,7-8,15-16,18H,2-4,6,9-14H2,1H3,(H,29,30,33). The Morgan fingerprint density at radius 2 is 1.94 bits per heavy atom. The smallest absolute Gasteiger partial charge is 0.258 e. The van der Waals surface area contributed by atoms with Crippen molar-refractivity contribution >= 4 is 28.9 Å². The van der Waals surface area contributed by atoms with Crippen molar-refractivity contribution in [2.45, 2.75) is 32.2 Å². The number of carbonyl (C=O) groups is 2. The molecule has 0 aliphatic carbocycles. The van der Waals surface area contributed by atoms with E-state index >= 15 is 0 Å². The lowest BCUT2D eigenvalue weighted by Crippen LogP contribution is -2.35. The second-order valence-corrected chi connectivity index (χ2v) is 8.61. The number of anilines is 1. The Balaban J connectivity index is 1.58. The highest BCUT2D eigenvalue weighted by atomic mass is 16.5. The van der Waals surface area contributed by atoms with Crippen LogP contribution in [0.25, 0.3) is 11.2 Å². The van der Waals surface area contributed by atoms with Crippen molar-refractivity contribution < 1.29 is 19.1 Å². The topological polar surface area (TPSA) is 122 Å². The summed E-state index contributed by atoms with van der Waals surface area (Å²) in [4.78, 5) is 36.9. The summed E-state index contributed by atoms with van der Waals surface area (Å²) >= 11 is 0. The fraction of sp³-hybridized carbons (Fsp3) is 0.423. The van der Waals surface area contributed by atoms with Gasteiger partial charge in [-0.15, -0.1) is 0 Å². The number of pyridine rings is 1. The third-order valence-electron chi connectivity index (χ3n) is 6.06. The Labute approximate surface area is 209 Å². The minimum atomic E-state index is -0.385. The van der Waals surface area contributed by atoms with Crippen molar-refractivity contribution in [2.24, 2.45) is 0 Å². The van der Waals surface area contributed by atoms with Gasteiger partial charge < -0.3 is 14.4 Å². The van der Waals surface area contributed by atoms with Crippen LogP contribution in [0, 0.1) is 11.3 Å². The lowest BCUT2D eigenvalue weighted by atomic mass is 10.1. The number of nitrogens with one attached hydrogen (secondary N) is 1. The fourth-order valence-electron chi connectivity index (χ4n) is 4.19. The molecule has 3 aromatic rings. The molecule has 1 N–H and O–H groups in total. The Kier molecular flexibility index (Phi) is 8.60. The van der Waals surface area contributed by atoms with Gasteiger partial charge in [-0.25, -0.2) is 9.97 Å². The second-order valence-electron chi connectivity index (χ2n) is 8.61. The van der Waals surface area contributed by atoms with Gasteiger partial charge in [-0.1, -0.05) is 6.07 Å². The molecule has 4 rings (SSSR count). The minimum absolute atomic E-state index is 0.0518. The molecule has 36 heavy (non-hydrogen) atoms. The molecule has 2 amide bonds. The number of ether oxygens (including phenoxy) is 2. The van der Waals surface area contributed by atoms with Crippen molar-refractivity contribution in [1.29, 1.82) is 5.26 Å². The number of piperidine rings is 1. The molecule has 0 radical (unpaired) electrons. The maximum atomic E-state index is 13.0. The van der Waals surface area contributed by atoms with Crippen LogP contribution in [0.4, 0.5) is 5.95 Å². The van der Waals surface area contributed by atoms with E-state index in [0.717, 1.165) is 32.4 Å². The van der Waals surface area contributed by atoms with Crippen LogP contribution in [0.5, 0.6) is 0 Å². The van der Waals surface area contributed by atoms with Crippen LogP contribution in [0.15, 0.2) is 36.5 Å². The predicted octanol–water partition coefficient (Wildman–Crippen LogP) is 3.23. The third-order valence-corrected chi connectivity index (χ3v) is 6.06. The summed E-state index contributed by atoms with van der Waals surface area (Å²) < 4.78 is 12.4. The van der Waals surface area contributed by atoms with Gasteiger partial charge in [0.1, 0.15) is 5.52 Å². The molecule has 0 bridgehead atoms. The van der Waals surface area contributed by atoms with E-state index in [1.54, 1.807) is 37.6 Å². The highest BCUT2D eigenvalue weighted by Gasteiger charge is 2.21. The summed E-state index contributed by atoms with van der Waals surface area (Å²) in [5, 5.41) is 12.0. The zero-order valence-corrected chi connectivity index (χ0v) is 20.4. The summed E-state index contributed by atoms with van der Waals surface area (Å²) in [6.07, 6.45) is 5.39. The van der Waals surface area contributed by atoms with Crippen molar-refractivity contribution in [1.82, 2.24) is 19.4 Å². The largest absolute Gasteiger partial charge is 0.382 e. The molecule has 1 aromatic carbocycles. The third kappa shape index (κ3) is 6.05. The number of rotatable bonds is 10. The first-order chi connectivity index (χ1) is 17.6. The summed E-state index contributed by atoms with van der Waals surface area (Å²) in [5.41, 5.74) is 2.33. The molecule has 188 valence electrons. The van der Waals surface area contributed by atoms with Crippen LogP contribution >= 0.6 is 0 Å². The van der Waals surface area contributed by atoms with Crippen LogP contribution in [-0.2, 0) is 16.0 Å². The second kappa shape index (κ2) is 12.2. The molecule has 0 atom stereocenters. The number of methoxy groups -OCH3 is 1. The van der Waals surface area contributed by atoms with Crippen LogP contribution in [0.1, 0.15) is 52.0 Å². The van der Waals surface area contributed by atoms with Crippen LogP contribution < -0.4 is 5.32 Å². The number of nitriles is 1. The molecule has 10 heteroatoms. The number of hydrogen-bond acceptors (Lipinski definition) is 7. The molecular formula is C26H30N6O4. The SMILES string of the molecule is COCCOCCCn1c(NC(=O)c2cccc(C#N)c2)nc2cc(C(=O)N3CCCCC3)cnc21. The summed E-state index contributed by atoms with van der Waals surface area (Å²) in [5.74, 6) is -0.113. The van der Waals surface area contributed by atoms with E-state index in [1.807, 2.05) is 15.5 Å². The van der Waals surface area contributed by atoms with E-state index in [9.17, 15) is 9.59 Å². The molecule has 2 aromatic heterocycles. The van der Waals surface area contributed by atoms with E-state index in [-0.39, 0.29) is 11.8 Å². The molecule has 0 saturated carbocycles. The van der Waals surface area contributed by atoms with Crippen molar-refractivity contribution in [3.63, 3.8) is 0 Å². The maximum absolute atomic E-state index is 13.0. The van der Waals surface area contributed by atoms with E-state index < -0.39 is 0 Å². The number of fused-ring (bicyclic) bond motifs is 1. The number of nitrogens with zero attached hydrogens (tertiary/aromatic N) is 5. The average Bonchev–Trinajstić information content (AvgIpc) is 3.26. The van der Waals surface area contributed by atoms with Crippen LogP contribution in [0.3, 0.4) is 0 Å². The van der Waals surface area contributed by atoms with Gasteiger partial charge in [0.05, 0.1) is 30.4 Å². The first-order valence-electron chi connectivity index (χ1n) is 12.1. The normalized spacial score (nSPS) is 13.5. The van der Waals surface area contributed by atoms with Gasteiger partial charge in [0.25, 0.3) is 11.8 Å². The summed E-state index contributed by atoms with van der Waals surface area (Å²) in [6, 6.07) is 10.2. The zero-order valence-electron chi connectivity index (χ0n) is 20.4. The van der Waals surface area contributed by atoms with Crippen molar-refractivity contribution in [2.75, 3.05) is 45.3 Å². The van der Waals surface area contributed by atoms with Gasteiger partial charge in [-0.2, -0.15) is 5.26 Å². The van der Waals surface area contributed by atoms with Crippen LogP contribution in [0.2, 0.25) is 0 Å². The molecule has 3 heterocycles. The lowest BCUT2D eigenvalue weighted by Gasteiger charge is -2.26. The summed E-state index contributed by atoms with van der Waals surface area (Å²) in [7, 11) is 1.62. The Morgan fingerprint density at radius 1 is 1.11 bits per heavy atom. The van der Waals surface area contributed by atoms with E-state index in [0.29, 0.717) is 66.6 Å². The Morgan fingerprint density at radius 3 is 2.72 bits per heavy atom. The van der Waals surface area contributed by atoms with Gasteiger partial charge in [0, 0.05) is 45.1 Å². The van der Waals surface area contributed by atoms with Crippen molar-refractivity contribution in [3.8, 4) is 6.07 Å². The van der Waals surface area contributed by atoms with Gasteiger partial charge >= 0.3 is 0 Å². The Hall–Kier alpha value is -3.81. The molecule has 1 aliphatic heterocycles. The molecule has 0 unspecified atom stereocenters. The number of aryl methyl sites for hydroxylation is 1. The van der Waals surface area contributed by atoms with E-state index in [4.69, 9.17) is 14.7 Å². The highest BCUT2D eigenvalue weighted by molar-refractivity contribution is 6.04. The Bertz CT molecular complexity index is 1260. The van der Waals surface area contributed by atoms with Gasteiger partial charge in [0.15, 0.2) is 5.65 Å². The molecule has 0 spiro atoms. The van der Waals surface area contributed by atoms with Gasteiger partial charge in [-0.05, 0) is 49.9 Å². The van der Waals surface area contributed by atoms with E-state index in [2.05, 4.69) is 15.3 Å². The first-order valence-corrected chi connectivity index (χ1v) is 12.1. The number of amides is 2. The number of likely N-dealkylation sites (tertiary alicyclic amines) is 1. The monoisotopic (exact) mass is 490 g/mol. The summed E-state index contributed by atoms with van der Waals surface area (Å²) in [6.45, 7) is 3.53. The molecule has 1 fully saturated rings. The van der Waals surface area contributed by atoms with Gasteiger partial charge in [-0.3, -0.25) is 19.5 Å². The van der Waals surface area contributed by atoms with Crippen LogP contribution in [-0.4, -0.2) is 71.3 Å². The fourth-order valence-corrected chi connectivity index (χ4v) is 4.19. The number of benzene rings is 1. The first kappa shape index (κ1) is 25.3. The number of imidazole rings is 1. The number of hydrogen-bond donors (Lipinski definition) is 1. The molecule has 1 saturated heterocycles. The number of carbonyl (C=O) groups excluding carboxylic acids is 2. The maximum Gasteiger partial charge on any atom is 0.258 e. The quantitative estimate of drug-likeness (QED) is 0.433. The number of aromatic nitrogens is 3. The predicted molar refractivity (Wildman–Crippen MR) is 134 cm³/mol. The van der Waals surface area contributed by atoms with Gasteiger partial charge in [0.2, 0.25) is 5.95 Å². The van der Waals surface area contributed by atoms with E-state index in [1.165, 1.54) is 6.07 Å².